The molecule has 10 nitrogen and oxygen atoms in total. The Balaban J connectivity index is 2.18. The van der Waals surface area contributed by atoms with Crippen molar-refractivity contribution in [3.8, 4) is 45.6 Å². The number of esters is 2. The van der Waals surface area contributed by atoms with Crippen molar-refractivity contribution in [2.45, 2.75) is 236 Å². The minimum atomic E-state index is -1.83. The highest BCUT2D eigenvalue weighted by Crippen LogP contribution is 2.55. The van der Waals surface area contributed by atoms with Crippen LogP contribution in [0, 0.1) is 0 Å². The Kier molecular flexibility index (Phi) is 23.2. The molecule has 6 aromatic carbocycles. The van der Waals surface area contributed by atoms with E-state index in [1.807, 2.05) is 12.1 Å². The Hall–Kier alpha value is -5.50. The molecule has 0 saturated carbocycles. The van der Waals surface area contributed by atoms with Gasteiger partial charge in [-0.1, -0.05) is 202 Å². The number of benzene rings is 6. The molecule has 0 fully saturated rings. The molecule has 0 N–H and O–H groups in total. The predicted molar refractivity (Wildman–Crippen MR) is 399 cm³/mol. The van der Waals surface area contributed by atoms with E-state index in [1.54, 1.807) is 42.3 Å². The minimum Gasteiger partial charge on any atom is -0.496 e. The third kappa shape index (κ3) is 16.4. The molecular weight excluding hydrogens is 1250 g/mol. The highest BCUT2D eigenvalue weighted by molar-refractivity contribution is 7.81. The van der Waals surface area contributed by atoms with Crippen molar-refractivity contribution in [2.75, 3.05) is 42.7 Å². The summed E-state index contributed by atoms with van der Waals surface area (Å²) in [6.07, 6.45) is -2.38. The van der Waals surface area contributed by atoms with E-state index in [0.29, 0.717) is 11.1 Å². The first kappa shape index (κ1) is 77.5. The molecule has 6 rings (SSSR count). The van der Waals surface area contributed by atoms with Gasteiger partial charge in [-0.25, -0.2) is 9.59 Å². The number of carbonyl (C=O) groups excluding carboxylic acids is 2. The van der Waals surface area contributed by atoms with Gasteiger partial charge in [-0.2, -0.15) is 0 Å². The molecule has 0 aliphatic carbocycles. The second kappa shape index (κ2) is 28.2. The van der Waals surface area contributed by atoms with Crippen LogP contribution in [0.5, 0.6) is 34.5 Å². The Bertz CT molecular complexity index is 3230. The molecule has 514 valence electrons. The molecule has 2 unspecified atom stereocenters. The maximum atomic E-state index is 14.1. The first-order valence-electron chi connectivity index (χ1n) is 32.6. The number of hydrogen-bond donors (Lipinski definition) is 0. The van der Waals surface area contributed by atoms with Crippen molar-refractivity contribution >= 4 is 82.8 Å². The normalized spacial score (nSPS) is 13.6. The average molecular weight is 1360 g/mol. The Morgan fingerprint density at radius 3 is 0.649 bits per heavy atom. The lowest BCUT2D eigenvalue weighted by Crippen LogP contribution is -2.33. The van der Waals surface area contributed by atoms with Gasteiger partial charge in [0.05, 0.1) is 52.7 Å². The van der Waals surface area contributed by atoms with Gasteiger partial charge in [0.25, 0.3) is 0 Å². The molecule has 94 heavy (non-hydrogen) atoms. The largest absolute Gasteiger partial charge is 0.496 e. The Labute approximate surface area is 578 Å². The minimum absolute atomic E-state index is 0.181. The van der Waals surface area contributed by atoms with E-state index < -0.39 is 83.3 Å². The quantitative estimate of drug-likeness (QED) is 0.0647. The molecule has 0 amide bonds. The molecule has 2 atom stereocenters. The van der Waals surface area contributed by atoms with Crippen LogP contribution in [0.3, 0.4) is 0 Å². The zero-order valence-electron chi connectivity index (χ0n) is 62.8. The number of carbonyl (C=O) groups is 2. The van der Waals surface area contributed by atoms with Gasteiger partial charge in [-0.3, -0.25) is 0 Å². The number of hydrogen-bond acceptors (Lipinski definition) is 10. The third-order valence-corrected chi connectivity index (χ3v) is 22.6. The summed E-state index contributed by atoms with van der Waals surface area (Å²) in [6.45, 7) is 56.6. The molecule has 0 saturated heterocycles. The van der Waals surface area contributed by atoms with Crippen LogP contribution in [-0.2, 0) is 62.4 Å². The van der Waals surface area contributed by atoms with E-state index in [0.717, 1.165) is 99.3 Å². The third-order valence-electron chi connectivity index (χ3n) is 17.2. The van der Waals surface area contributed by atoms with Crippen LogP contribution < -0.4 is 60.2 Å². The summed E-state index contributed by atoms with van der Waals surface area (Å²) >= 11 is 15.7. The monoisotopic (exact) mass is 1360 g/mol. The van der Waals surface area contributed by atoms with Gasteiger partial charge in [0.2, 0.25) is 0 Å². The summed E-state index contributed by atoms with van der Waals surface area (Å²) in [7, 11) is 6.05. The first-order chi connectivity index (χ1) is 42.9. The van der Waals surface area contributed by atoms with Crippen molar-refractivity contribution in [3.05, 3.63) is 127 Å². The molecule has 14 heteroatoms. The topological polar surface area (TPSA) is 108 Å². The van der Waals surface area contributed by atoms with Crippen LogP contribution in [0.15, 0.2) is 72.8 Å². The van der Waals surface area contributed by atoms with Crippen molar-refractivity contribution < 1.29 is 47.5 Å². The van der Waals surface area contributed by atoms with E-state index in [4.69, 9.17) is 61.1 Å². The van der Waals surface area contributed by atoms with Crippen LogP contribution in [0.4, 0.5) is 0 Å². The van der Waals surface area contributed by atoms with Crippen molar-refractivity contribution in [2.24, 2.45) is 0 Å². The lowest BCUT2D eigenvalue weighted by atomic mass is 9.79. The van der Waals surface area contributed by atoms with Gasteiger partial charge < -0.3 is 37.9 Å². The summed E-state index contributed by atoms with van der Waals surface area (Å²) in [5.41, 5.74) is 5.81. The van der Waals surface area contributed by atoms with E-state index >= 15 is 0 Å². The van der Waals surface area contributed by atoms with Gasteiger partial charge in [-0.05, 0) is 166 Å². The summed E-state index contributed by atoms with van der Waals surface area (Å²) in [5, 5.41) is 5.99. The van der Waals surface area contributed by atoms with E-state index in [9.17, 15) is 9.59 Å². The zero-order chi connectivity index (χ0) is 71.5. The van der Waals surface area contributed by atoms with Gasteiger partial charge in [0.15, 0.2) is 12.2 Å². The molecule has 6 aromatic rings. The molecule has 0 bridgehead atoms. The molecular formula is C80H110Cl2O10P2. The number of ether oxygens (including phenoxy) is 8. The Morgan fingerprint density at radius 1 is 0.319 bits per heavy atom. The highest BCUT2D eigenvalue weighted by atomic mass is 35.5. The smallest absolute Gasteiger partial charge is 0.346 e. The summed E-state index contributed by atoms with van der Waals surface area (Å²) in [4.78, 5) is 28.3. The fourth-order valence-electron chi connectivity index (χ4n) is 12.1. The number of rotatable bonds is 17. The fourth-order valence-corrected chi connectivity index (χ4v) is 17.6. The molecule has 0 radical (unpaired) electrons. The SMILES string of the molecule is COC(=O)C(C)Oc1c(Cl)ccc(P(c2cc(C(C)(C)C)c(OC)c(C(C)(C)C)c2)c2cc(C(C)(C)C)c(OC)c(C(C)(C)C)c2)c1-c1c(P(c2cc(C(C)(C)C)c(OC)c(C(C)(C)C)c2)c2cc(C(C)(C)C)c(OC)c(C(C)(C)C)c2)ccc(Cl)c1OC(C)C(=O)OC. The van der Waals surface area contributed by atoms with Crippen molar-refractivity contribution in [3.63, 3.8) is 0 Å². The molecule has 0 aliphatic heterocycles. The number of methoxy groups -OCH3 is 6. The number of halogens is 2. The zero-order valence-corrected chi connectivity index (χ0v) is 66.1. The first-order valence-corrected chi connectivity index (χ1v) is 36.0. The maximum Gasteiger partial charge on any atom is 0.346 e. The fraction of sp³-hybridized carbons (Fsp3) is 0.525. The maximum absolute atomic E-state index is 14.1. The molecule has 0 aliphatic rings. The average Bonchev–Trinajstić information content (AvgIpc) is 0.733. The standard InChI is InChI=1S/C80H110Cl2O10P2/c1-45(71(83)89-31)91-69-59(81)33-35-61(93(47-37-51(73(3,4)5)65(85-27)52(38-47)74(6,7)8)48-39-53(75(9,10)11)66(86-28)54(40-48)76(12,13)14)63(69)64-62(36-34-60(82)70(64)92-46(2)72(84)90-32)94(49-41-55(77(15,16)17)67(87-29)56(42-49)78(18,19)20)50-43-57(79(21,22)23)68(88-30)58(44-50)80(24,25)26/h33-46H,1-32H3. The van der Waals surface area contributed by atoms with Gasteiger partial charge in [0.1, 0.15) is 34.5 Å². The van der Waals surface area contributed by atoms with E-state index in [2.05, 4.69) is 227 Å². The van der Waals surface area contributed by atoms with Crippen LogP contribution >= 0.6 is 39.0 Å². The summed E-state index contributed by atoms with van der Waals surface area (Å²) in [5.74, 6) is 2.38. The Morgan fingerprint density at radius 2 is 0.500 bits per heavy atom. The highest BCUT2D eigenvalue weighted by Gasteiger charge is 2.41. The van der Waals surface area contributed by atoms with Crippen LogP contribution in [0.2, 0.25) is 10.0 Å². The lowest BCUT2D eigenvalue weighted by Gasteiger charge is -2.36. The molecule has 0 spiro atoms. The van der Waals surface area contributed by atoms with Crippen molar-refractivity contribution in [1.82, 2.24) is 0 Å². The summed E-state index contributed by atoms with van der Waals surface area (Å²) < 4.78 is 51.5. The van der Waals surface area contributed by atoms with Gasteiger partial charge in [0, 0.05) is 55.6 Å². The second-order valence-corrected chi connectivity index (χ2v) is 38.3. The van der Waals surface area contributed by atoms with Gasteiger partial charge in [-0.15, -0.1) is 0 Å². The van der Waals surface area contributed by atoms with E-state index in [1.165, 1.54) is 14.2 Å². The van der Waals surface area contributed by atoms with Crippen LogP contribution in [0.25, 0.3) is 11.1 Å². The van der Waals surface area contributed by atoms with Crippen molar-refractivity contribution in [1.29, 1.82) is 0 Å². The lowest BCUT2D eigenvalue weighted by molar-refractivity contribution is -0.148. The van der Waals surface area contributed by atoms with Crippen LogP contribution in [-0.4, -0.2) is 66.8 Å². The van der Waals surface area contributed by atoms with Crippen LogP contribution in [0.1, 0.15) is 225 Å². The second-order valence-electron chi connectivity index (χ2n) is 33.1. The predicted octanol–water partition coefficient (Wildman–Crippen LogP) is 18.5. The summed E-state index contributed by atoms with van der Waals surface area (Å²) in [6, 6.07) is 26.4. The van der Waals surface area contributed by atoms with E-state index in [-0.39, 0.29) is 21.5 Å². The molecule has 0 aromatic heterocycles. The molecule has 0 heterocycles. The van der Waals surface area contributed by atoms with Gasteiger partial charge >= 0.3 is 11.9 Å².